The van der Waals surface area contributed by atoms with Gasteiger partial charge in [-0.25, -0.2) is 0 Å². The molecule has 0 aromatic heterocycles. The number of ether oxygens (including phenoxy) is 1. The highest BCUT2D eigenvalue weighted by Gasteiger charge is 2.37. The molecule has 1 amide bonds. The summed E-state index contributed by atoms with van der Waals surface area (Å²) in [7, 11) is 0. The molecule has 0 radical (unpaired) electrons. The Bertz CT molecular complexity index is 306. The molecule has 4 atom stereocenters. The minimum absolute atomic E-state index is 0.151. The lowest BCUT2D eigenvalue weighted by atomic mass is 10.00. The molecule has 4 unspecified atom stereocenters. The van der Waals surface area contributed by atoms with E-state index in [1.54, 1.807) is 0 Å². The minimum Gasteiger partial charge on any atom is -0.393 e. The number of hydrogen-bond donors (Lipinski definition) is 1. The van der Waals surface area contributed by atoms with Crippen LogP contribution >= 0.6 is 0 Å². The molecule has 4 nitrogen and oxygen atoms in total. The Morgan fingerprint density at radius 1 is 1.37 bits per heavy atom. The van der Waals surface area contributed by atoms with Crippen molar-refractivity contribution in [2.75, 3.05) is 13.2 Å². The van der Waals surface area contributed by atoms with Crippen LogP contribution < -0.4 is 0 Å². The SMILES string of the molecule is CC(O)CC1CCCCCN1C(=O)C1OCCC1C. The highest BCUT2D eigenvalue weighted by Crippen LogP contribution is 2.27. The van der Waals surface area contributed by atoms with Crippen LogP contribution in [0.3, 0.4) is 0 Å². The monoisotopic (exact) mass is 269 g/mol. The molecule has 0 spiro atoms. The van der Waals surface area contributed by atoms with Gasteiger partial charge in [0, 0.05) is 19.2 Å². The van der Waals surface area contributed by atoms with Gasteiger partial charge in [-0.2, -0.15) is 0 Å². The van der Waals surface area contributed by atoms with E-state index in [9.17, 15) is 9.90 Å². The number of likely N-dealkylation sites (tertiary alicyclic amines) is 1. The van der Waals surface area contributed by atoms with Gasteiger partial charge >= 0.3 is 0 Å². The molecule has 2 heterocycles. The number of hydrogen-bond acceptors (Lipinski definition) is 3. The lowest BCUT2D eigenvalue weighted by Crippen LogP contribution is -2.47. The summed E-state index contributed by atoms with van der Waals surface area (Å²) in [6.45, 7) is 5.43. The maximum atomic E-state index is 12.7. The first kappa shape index (κ1) is 14.8. The number of aliphatic hydroxyl groups is 1. The molecule has 0 saturated carbocycles. The molecule has 0 aromatic rings. The van der Waals surface area contributed by atoms with Crippen molar-refractivity contribution in [1.29, 1.82) is 0 Å². The molecule has 2 aliphatic heterocycles. The normalized spacial score (nSPS) is 34.1. The molecule has 4 heteroatoms. The zero-order valence-corrected chi connectivity index (χ0v) is 12.2. The smallest absolute Gasteiger partial charge is 0.252 e. The lowest BCUT2D eigenvalue weighted by Gasteiger charge is -2.33. The summed E-state index contributed by atoms with van der Waals surface area (Å²) in [4.78, 5) is 14.7. The van der Waals surface area contributed by atoms with Crippen molar-refractivity contribution in [3.63, 3.8) is 0 Å². The van der Waals surface area contributed by atoms with Crippen molar-refractivity contribution < 1.29 is 14.6 Å². The molecule has 0 bridgehead atoms. The molecule has 1 N–H and O–H groups in total. The number of rotatable bonds is 3. The van der Waals surface area contributed by atoms with Gasteiger partial charge in [0.05, 0.1) is 6.10 Å². The molecule has 19 heavy (non-hydrogen) atoms. The quantitative estimate of drug-likeness (QED) is 0.852. The first-order valence-corrected chi connectivity index (χ1v) is 7.69. The molecule has 0 aromatic carbocycles. The largest absolute Gasteiger partial charge is 0.393 e. The van der Waals surface area contributed by atoms with Gasteiger partial charge < -0.3 is 14.7 Å². The summed E-state index contributed by atoms with van der Waals surface area (Å²) >= 11 is 0. The van der Waals surface area contributed by atoms with Crippen LogP contribution in [-0.2, 0) is 9.53 Å². The maximum absolute atomic E-state index is 12.7. The number of aliphatic hydroxyl groups excluding tert-OH is 1. The van der Waals surface area contributed by atoms with Crippen LogP contribution in [0.4, 0.5) is 0 Å². The van der Waals surface area contributed by atoms with Crippen LogP contribution in [0.5, 0.6) is 0 Å². The standard InChI is InChI=1S/C15H27NO3/c1-11-7-9-19-14(11)15(18)16-8-5-3-4-6-13(16)10-12(2)17/h11-14,17H,3-10H2,1-2H3. The van der Waals surface area contributed by atoms with Crippen molar-refractivity contribution in [1.82, 2.24) is 4.90 Å². The fourth-order valence-corrected chi connectivity index (χ4v) is 3.28. The fourth-order valence-electron chi connectivity index (χ4n) is 3.28. The summed E-state index contributed by atoms with van der Waals surface area (Å²) in [5.41, 5.74) is 0. The Balaban J connectivity index is 2.05. The van der Waals surface area contributed by atoms with Gasteiger partial charge in [-0.1, -0.05) is 19.8 Å². The Labute approximate surface area is 116 Å². The molecular formula is C15H27NO3. The van der Waals surface area contributed by atoms with Gasteiger partial charge in [0.15, 0.2) is 0 Å². The van der Waals surface area contributed by atoms with E-state index in [0.717, 1.165) is 32.2 Å². The van der Waals surface area contributed by atoms with Gasteiger partial charge in [-0.3, -0.25) is 4.79 Å². The Kier molecular flexibility index (Phi) is 5.22. The molecule has 0 aliphatic carbocycles. The molecular weight excluding hydrogens is 242 g/mol. The van der Waals surface area contributed by atoms with E-state index in [1.165, 1.54) is 6.42 Å². The number of carbonyl (C=O) groups excluding carboxylic acids is 1. The summed E-state index contributed by atoms with van der Waals surface area (Å²) < 4.78 is 5.62. The summed E-state index contributed by atoms with van der Waals surface area (Å²) in [5, 5.41) is 9.64. The van der Waals surface area contributed by atoms with Crippen LogP contribution in [0.15, 0.2) is 0 Å². The van der Waals surface area contributed by atoms with Gasteiger partial charge in [0.25, 0.3) is 5.91 Å². The predicted octanol–water partition coefficient (Wildman–Crippen LogP) is 1.95. The molecule has 2 aliphatic rings. The van der Waals surface area contributed by atoms with E-state index < -0.39 is 0 Å². The summed E-state index contributed by atoms with van der Waals surface area (Å²) in [5.74, 6) is 0.473. The van der Waals surface area contributed by atoms with E-state index in [0.29, 0.717) is 18.9 Å². The van der Waals surface area contributed by atoms with Crippen LogP contribution in [0.2, 0.25) is 0 Å². The van der Waals surface area contributed by atoms with E-state index in [2.05, 4.69) is 6.92 Å². The van der Waals surface area contributed by atoms with Gasteiger partial charge in [-0.05, 0) is 38.5 Å². The first-order chi connectivity index (χ1) is 9.09. The van der Waals surface area contributed by atoms with E-state index >= 15 is 0 Å². The second-order valence-electron chi connectivity index (χ2n) is 6.18. The van der Waals surface area contributed by atoms with E-state index in [4.69, 9.17) is 4.74 Å². The third kappa shape index (κ3) is 3.69. The topological polar surface area (TPSA) is 49.8 Å². The minimum atomic E-state index is -0.347. The molecule has 110 valence electrons. The Morgan fingerprint density at radius 3 is 2.79 bits per heavy atom. The predicted molar refractivity (Wildman–Crippen MR) is 73.8 cm³/mol. The molecule has 2 rings (SSSR count). The Hall–Kier alpha value is -0.610. The third-order valence-electron chi connectivity index (χ3n) is 4.40. The van der Waals surface area contributed by atoms with Crippen molar-refractivity contribution in [3.05, 3.63) is 0 Å². The van der Waals surface area contributed by atoms with Crippen LogP contribution in [0, 0.1) is 5.92 Å². The molecule has 2 fully saturated rings. The first-order valence-electron chi connectivity index (χ1n) is 7.69. The van der Waals surface area contributed by atoms with Gasteiger partial charge in [0.2, 0.25) is 0 Å². The average molecular weight is 269 g/mol. The Morgan fingerprint density at radius 2 is 2.16 bits per heavy atom. The van der Waals surface area contributed by atoms with Crippen molar-refractivity contribution in [3.8, 4) is 0 Å². The number of carbonyl (C=O) groups is 1. The van der Waals surface area contributed by atoms with Crippen LogP contribution in [0.1, 0.15) is 52.4 Å². The fraction of sp³-hybridized carbons (Fsp3) is 0.933. The van der Waals surface area contributed by atoms with Gasteiger partial charge in [0.1, 0.15) is 6.10 Å². The number of amides is 1. The third-order valence-corrected chi connectivity index (χ3v) is 4.40. The van der Waals surface area contributed by atoms with Crippen molar-refractivity contribution in [2.45, 2.75) is 70.6 Å². The van der Waals surface area contributed by atoms with Crippen LogP contribution in [0.25, 0.3) is 0 Å². The summed E-state index contributed by atoms with van der Waals surface area (Å²) in [6, 6.07) is 0.186. The second kappa shape index (κ2) is 6.71. The van der Waals surface area contributed by atoms with E-state index in [-0.39, 0.29) is 24.2 Å². The average Bonchev–Trinajstić information content (AvgIpc) is 2.64. The zero-order valence-electron chi connectivity index (χ0n) is 12.2. The van der Waals surface area contributed by atoms with E-state index in [1.807, 2.05) is 11.8 Å². The highest BCUT2D eigenvalue weighted by molar-refractivity contribution is 5.81. The maximum Gasteiger partial charge on any atom is 0.252 e. The second-order valence-corrected chi connectivity index (χ2v) is 6.18. The number of nitrogens with zero attached hydrogens (tertiary/aromatic N) is 1. The van der Waals surface area contributed by atoms with Gasteiger partial charge in [-0.15, -0.1) is 0 Å². The lowest BCUT2D eigenvalue weighted by molar-refractivity contribution is -0.145. The molecule has 2 saturated heterocycles. The zero-order chi connectivity index (χ0) is 13.8. The van der Waals surface area contributed by atoms with Crippen molar-refractivity contribution in [2.24, 2.45) is 5.92 Å². The highest BCUT2D eigenvalue weighted by atomic mass is 16.5. The van der Waals surface area contributed by atoms with Crippen molar-refractivity contribution >= 4 is 5.91 Å². The van der Waals surface area contributed by atoms with Crippen LogP contribution in [-0.4, -0.2) is 47.3 Å². The summed E-state index contributed by atoms with van der Waals surface area (Å²) in [6.07, 6.45) is 5.48.